The van der Waals surface area contributed by atoms with E-state index in [2.05, 4.69) is 5.10 Å². The van der Waals surface area contributed by atoms with Crippen LogP contribution in [0.3, 0.4) is 0 Å². The Balaban J connectivity index is 2.44. The van der Waals surface area contributed by atoms with E-state index in [0.29, 0.717) is 5.88 Å². The molecule has 0 aliphatic rings. The van der Waals surface area contributed by atoms with Crippen molar-refractivity contribution in [2.45, 2.75) is 5.88 Å². The Kier molecular flexibility index (Phi) is 3.46. The Morgan fingerprint density at radius 2 is 2.50 bits per heavy atom. The molecule has 8 heteroatoms. The fourth-order valence-electron chi connectivity index (χ4n) is 0.747. The molecule has 0 spiro atoms. The van der Waals surface area contributed by atoms with Gasteiger partial charge < -0.3 is 15.2 Å². The summed E-state index contributed by atoms with van der Waals surface area (Å²) in [5.41, 5.74) is 0. The van der Waals surface area contributed by atoms with Crippen LogP contribution >= 0.6 is 11.8 Å². The lowest BCUT2D eigenvalue weighted by molar-refractivity contribution is -0.389. The fraction of sp³-hybridized carbons (Fsp3) is 0.333. The topological polar surface area (TPSA) is 98.3 Å². The third kappa shape index (κ3) is 3.05. The summed E-state index contributed by atoms with van der Waals surface area (Å²) < 4.78 is 1.33. The molecule has 1 N–H and O–H groups in total. The molecule has 0 bridgehead atoms. The van der Waals surface area contributed by atoms with Crippen LogP contribution in [0.4, 0.5) is 5.82 Å². The van der Waals surface area contributed by atoms with Gasteiger partial charge in [-0.05, 0) is 4.92 Å². The molecule has 0 amide bonds. The number of rotatable bonds is 5. The summed E-state index contributed by atoms with van der Waals surface area (Å²) >= 11 is 1.12. The molecule has 0 aromatic carbocycles. The van der Waals surface area contributed by atoms with Crippen LogP contribution in [0.25, 0.3) is 0 Å². The number of nitro groups is 1. The van der Waals surface area contributed by atoms with Crippen molar-refractivity contribution in [2.24, 2.45) is 0 Å². The second-order valence-electron chi connectivity index (χ2n) is 2.34. The van der Waals surface area contributed by atoms with Gasteiger partial charge in [-0.3, -0.25) is 4.79 Å². The summed E-state index contributed by atoms with van der Waals surface area (Å²) in [6.45, 7) is 0. The molecule has 7 nitrogen and oxygen atoms in total. The number of carbonyl (C=O) groups is 1. The standard InChI is InChI=1S/C6H7N3O4S/c10-6(11)3-14-4-8-2-1-5(7-8)9(12)13/h1-2H,3-4H2,(H,10,11). The summed E-state index contributed by atoms with van der Waals surface area (Å²) in [5, 5.41) is 22.2. The lowest BCUT2D eigenvalue weighted by Gasteiger charge is -1.93. The summed E-state index contributed by atoms with van der Waals surface area (Å²) in [7, 11) is 0. The summed E-state index contributed by atoms with van der Waals surface area (Å²) in [6, 6.07) is 1.27. The first-order valence-electron chi connectivity index (χ1n) is 3.57. The zero-order valence-corrected chi connectivity index (χ0v) is 7.81. The van der Waals surface area contributed by atoms with Gasteiger partial charge in [-0.1, -0.05) is 0 Å². The van der Waals surface area contributed by atoms with Crippen LogP contribution in [0, 0.1) is 10.1 Å². The van der Waals surface area contributed by atoms with Gasteiger partial charge in [0, 0.05) is 0 Å². The highest BCUT2D eigenvalue weighted by molar-refractivity contribution is 7.98. The highest BCUT2D eigenvalue weighted by atomic mass is 32.2. The monoisotopic (exact) mass is 217 g/mol. The molecule has 14 heavy (non-hydrogen) atoms. The predicted octanol–water partition coefficient (Wildman–Crippen LogP) is 0.567. The van der Waals surface area contributed by atoms with Crippen LogP contribution < -0.4 is 0 Å². The Labute approximate surface area is 82.9 Å². The van der Waals surface area contributed by atoms with E-state index in [9.17, 15) is 14.9 Å². The van der Waals surface area contributed by atoms with Gasteiger partial charge in [0.05, 0.1) is 23.1 Å². The number of carboxylic acids is 1. The Morgan fingerprint density at radius 1 is 1.79 bits per heavy atom. The van der Waals surface area contributed by atoms with E-state index in [1.54, 1.807) is 0 Å². The van der Waals surface area contributed by atoms with E-state index in [4.69, 9.17) is 5.11 Å². The molecule has 1 aromatic rings. The number of thioether (sulfide) groups is 1. The van der Waals surface area contributed by atoms with Crippen molar-refractivity contribution < 1.29 is 14.8 Å². The van der Waals surface area contributed by atoms with E-state index in [1.807, 2.05) is 0 Å². The molecule has 1 aromatic heterocycles. The minimum absolute atomic E-state index is 0.0480. The predicted molar refractivity (Wildman–Crippen MR) is 49.0 cm³/mol. The van der Waals surface area contributed by atoms with E-state index in [0.717, 1.165) is 11.8 Å². The Hall–Kier alpha value is -1.57. The average molecular weight is 217 g/mol. The van der Waals surface area contributed by atoms with Crippen molar-refractivity contribution in [3.05, 3.63) is 22.4 Å². The zero-order valence-electron chi connectivity index (χ0n) is 6.99. The van der Waals surface area contributed by atoms with Gasteiger partial charge in [0.1, 0.15) is 5.88 Å². The van der Waals surface area contributed by atoms with Crippen LogP contribution in [-0.4, -0.2) is 31.5 Å². The second-order valence-corrected chi connectivity index (χ2v) is 3.30. The van der Waals surface area contributed by atoms with Crippen LogP contribution in [0.15, 0.2) is 12.3 Å². The third-order valence-corrected chi connectivity index (χ3v) is 2.16. The number of carboxylic acid groups (broad SMARTS) is 1. The van der Waals surface area contributed by atoms with Crippen molar-refractivity contribution in [3.63, 3.8) is 0 Å². The minimum Gasteiger partial charge on any atom is -0.481 e. The molecular weight excluding hydrogens is 210 g/mol. The van der Waals surface area contributed by atoms with E-state index >= 15 is 0 Å². The van der Waals surface area contributed by atoms with Crippen LogP contribution in [0.1, 0.15) is 0 Å². The quantitative estimate of drug-likeness (QED) is 0.571. The molecule has 1 rings (SSSR count). The molecule has 0 saturated carbocycles. The summed E-state index contributed by atoms with van der Waals surface area (Å²) in [6.07, 6.45) is 1.44. The van der Waals surface area contributed by atoms with Crippen molar-refractivity contribution in [1.29, 1.82) is 0 Å². The lowest BCUT2D eigenvalue weighted by Crippen LogP contribution is -2.02. The number of nitrogens with zero attached hydrogens (tertiary/aromatic N) is 3. The molecule has 1 heterocycles. The number of hydrogen-bond donors (Lipinski definition) is 1. The maximum absolute atomic E-state index is 10.2. The number of hydrogen-bond acceptors (Lipinski definition) is 5. The maximum atomic E-state index is 10.2. The first-order valence-corrected chi connectivity index (χ1v) is 4.72. The number of aliphatic carboxylic acids is 1. The minimum atomic E-state index is -0.920. The molecule has 0 unspecified atom stereocenters. The molecule has 0 fully saturated rings. The Morgan fingerprint density at radius 3 is 3.00 bits per heavy atom. The average Bonchev–Trinajstić information content (AvgIpc) is 2.52. The summed E-state index contributed by atoms with van der Waals surface area (Å²) in [4.78, 5) is 19.8. The first kappa shape index (κ1) is 10.5. The molecule has 0 aliphatic carbocycles. The van der Waals surface area contributed by atoms with Gasteiger partial charge >= 0.3 is 11.8 Å². The van der Waals surface area contributed by atoms with Gasteiger partial charge in [0.25, 0.3) is 0 Å². The molecule has 0 radical (unpaired) electrons. The van der Waals surface area contributed by atoms with Crippen LogP contribution in [-0.2, 0) is 10.7 Å². The Bertz CT molecular complexity index is 351. The van der Waals surface area contributed by atoms with Crippen molar-refractivity contribution in [2.75, 3.05) is 5.75 Å². The largest absolute Gasteiger partial charge is 0.481 e. The molecule has 0 atom stereocenters. The zero-order chi connectivity index (χ0) is 10.6. The van der Waals surface area contributed by atoms with E-state index < -0.39 is 10.9 Å². The van der Waals surface area contributed by atoms with Gasteiger partial charge in [-0.25, -0.2) is 0 Å². The van der Waals surface area contributed by atoms with E-state index in [1.165, 1.54) is 16.9 Å². The summed E-state index contributed by atoms with van der Waals surface area (Å²) in [5.74, 6) is -0.911. The fourth-order valence-corrected chi connectivity index (χ4v) is 1.34. The third-order valence-electron chi connectivity index (χ3n) is 1.26. The molecular formula is C6H7N3O4S. The lowest BCUT2D eigenvalue weighted by atomic mass is 10.7. The smallest absolute Gasteiger partial charge is 0.389 e. The SMILES string of the molecule is O=C(O)CSCn1ccc([N+](=O)[O-])n1. The normalized spacial score (nSPS) is 10.0. The highest BCUT2D eigenvalue weighted by Crippen LogP contribution is 2.09. The van der Waals surface area contributed by atoms with Gasteiger partial charge in [-0.15, -0.1) is 11.8 Å². The number of aromatic nitrogens is 2. The highest BCUT2D eigenvalue weighted by Gasteiger charge is 2.10. The van der Waals surface area contributed by atoms with Crippen LogP contribution in [0.5, 0.6) is 0 Å². The van der Waals surface area contributed by atoms with Crippen molar-refractivity contribution in [3.8, 4) is 0 Å². The molecule has 0 saturated heterocycles. The first-order chi connectivity index (χ1) is 6.59. The second kappa shape index (κ2) is 4.61. The van der Waals surface area contributed by atoms with Crippen molar-refractivity contribution in [1.82, 2.24) is 9.78 Å². The van der Waals surface area contributed by atoms with Gasteiger partial charge in [0.15, 0.2) is 0 Å². The van der Waals surface area contributed by atoms with Gasteiger partial charge in [0.2, 0.25) is 0 Å². The van der Waals surface area contributed by atoms with E-state index in [-0.39, 0.29) is 11.6 Å². The van der Waals surface area contributed by atoms with Crippen molar-refractivity contribution >= 4 is 23.5 Å². The van der Waals surface area contributed by atoms with Crippen LogP contribution in [0.2, 0.25) is 0 Å². The van der Waals surface area contributed by atoms with Gasteiger partial charge in [-0.2, -0.15) is 4.68 Å². The maximum Gasteiger partial charge on any atom is 0.389 e. The molecule has 76 valence electrons. The molecule has 0 aliphatic heterocycles.